The molecule has 1 unspecified atom stereocenters. The van der Waals surface area contributed by atoms with E-state index in [9.17, 15) is 8.42 Å². The van der Waals surface area contributed by atoms with Crippen molar-refractivity contribution in [2.24, 2.45) is 0 Å². The van der Waals surface area contributed by atoms with Gasteiger partial charge in [-0.25, -0.2) is 8.42 Å². The van der Waals surface area contributed by atoms with E-state index in [1.54, 1.807) is 18.2 Å². The van der Waals surface area contributed by atoms with Crippen molar-refractivity contribution in [2.75, 3.05) is 13.1 Å². The highest BCUT2D eigenvalue weighted by molar-refractivity contribution is 7.89. The molecule has 1 N–H and O–H groups in total. The Kier molecular flexibility index (Phi) is 7.50. The van der Waals surface area contributed by atoms with Crippen LogP contribution in [-0.2, 0) is 16.6 Å². The van der Waals surface area contributed by atoms with Gasteiger partial charge in [0.25, 0.3) is 0 Å². The van der Waals surface area contributed by atoms with E-state index in [1.807, 2.05) is 45.0 Å². The van der Waals surface area contributed by atoms with Gasteiger partial charge in [0.15, 0.2) is 0 Å². The molecule has 2 rings (SSSR count). The van der Waals surface area contributed by atoms with Crippen LogP contribution in [-0.4, -0.2) is 25.8 Å². The zero-order valence-corrected chi connectivity index (χ0v) is 17.5. The Hall–Kier alpha value is -1.11. The second-order valence-electron chi connectivity index (χ2n) is 5.97. The van der Waals surface area contributed by atoms with Crippen LogP contribution in [0.2, 0.25) is 10.0 Å². The first-order chi connectivity index (χ1) is 12.3. The summed E-state index contributed by atoms with van der Waals surface area (Å²) in [5.41, 5.74) is 1.92. The lowest BCUT2D eigenvalue weighted by molar-refractivity contribution is 0.445. The number of benzene rings is 2. The van der Waals surface area contributed by atoms with Gasteiger partial charge in [-0.05, 0) is 36.2 Å². The third kappa shape index (κ3) is 4.78. The lowest BCUT2D eigenvalue weighted by Gasteiger charge is -2.19. The molecule has 2 aromatic rings. The van der Waals surface area contributed by atoms with Gasteiger partial charge in [-0.1, -0.05) is 61.3 Å². The van der Waals surface area contributed by atoms with E-state index in [-0.39, 0.29) is 6.04 Å². The first-order valence-electron chi connectivity index (χ1n) is 8.57. The molecular formula is C19H24Cl2N2O2S. The number of sulfonamides is 1. The topological polar surface area (TPSA) is 49.4 Å². The maximum Gasteiger partial charge on any atom is 0.243 e. The quantitative estimate of drug-likeness (QED) is 0.669. The van der Waals surface area contributed by atoms with Crippen molar-refractivity contribution in [1.29, 1.82) is 0 Å². The fourth-order valence-corrected chi connectivity index (χ4v) is 4.55. The molecule has 0 aromatic heterocycles. The fourth-order valence-electron chi connectivity index (χ4n) is 2.71. The Morgan fingerprint density at radius 3 is 2.23 bits per heavy atom. The molecule has 0 radical (unpaired) electrons. The summed E-state index contributed by atoms with van der Waals surface area (Å²) in [5.74, 6) is 0. The van der Waals surface area contributed by atoms with Crippen LogP contribution in [0.1, 0.15) is 37.9 Å². The maximum absolute atomic E-state index is 12.5. The van der Waals surface area contributed by atoms with Crippen LogP contribution in [0.15, 0.2) is 47.4 Å². The van der Waals surface area contributed by atoms with Crippen LogP contribution in [0.4, 0.5) is 0 Å². The number of hydrogen-bond donors (Lipinski definition) is 1. The van der Waals surface area contributed by atoms with Gasteiger partial charge in [-0.3, -0.25) is 0 Å². The summed E-state index contributed by atoms with van der Waals surface area (Å²) in [4.78, 5) is 0.315. The molecule has 2 aromatic carbocycles. The smallest absolute Gasteiger partial charge is 0.243 e. The fraction of sp³-hybridized carbons (Fsp3) is 0.368. The van der Waals surface area contributed by atoms with Crippen LogP contribution in [0, 0.1) is 0 Å². The Labute approximate surface area is 166 Å². The molecule has 0 saturated carbocycles. The highest BCUT2D eigenvalue weighted by Crippen LogP contribution is 2.26. The molecule has 0 aliphatic carbocycles. The van der Waals surface area contributed by atoms with Crippen molar-refractivity contribution in [2.45, 2.75) is 38.3 Å². The molecule has 1 atom stereocenters. The summed E-state index contributed by atoms with van der Waals surface area (Å²) in [6, 6.07) is 12.6. The highest BCUT2D eigenvalue weighted by atomic mass is 35.5. The average Bonchev–Trinajstić information content (AvgIpc) is 2.63. The second kappa shape index (κ2) is 9.20. The van der Waals surface area contributed by atoms with E-state index < -0.39 is 10.0 Å². The first-order valence-corrected chi connectivity index (χ1v) is 10.8. The Bertz CT molecular complexity index is 835. The highest BCUT2D eigenvalue weighted by Gasteiger charge is 2.21. The minimum Gasteiger partial charge on any atom is -0.306 e. The Balaban J connectivity index is 2.09. The monoisotopic (exact) mass is 414 g/mol. The standard InChI is InChI=1S/C19H24Cl2N2O2S/c1-4-23(5-2)26(24,25)17-11-9-15(10-12-17)14(3)22-13-16-7-6-8-18(20)19(16)21/h6-12,14,22H,4-5,13H2,1-3H3. The van der Waals surface area contributed by atoms with Crippen molar-refractivity contribution in [3.8, 4) is 0 Å². The summed E-state index contributed by atoms with van der Waals surface area (Å²) in [5, 5.41) is 4.47. The number of rotatable bonds is 8. The van der Waals surface area contributed by atoms with Crippen LogP contribution in [0.5, 0.6) is 0 Å². The van der Waals surface area contributed by atoms with E-state index in [2.05, 4.69) is 5.32 Å². The normalized spacial score (nSPS) is 13.2. The number of nitrogens with one attached hydrogen (secondary N) is 1. The minimum absolute atomic E-state index is 0.0373. The van der Waals surface area contributed by atoms with Gasteiger partial charge in [-0.2, -0.15) is 4.31 Å². The second-order valence-corrected chi connectivity index (χ2v) is 8.70. The van der Waals surface area contributed by atoms with Gasteiger partial charge in [0.2, 0.25) is 10.0 Å². The van der Waals surface area contributed by atoms with Crippen molar-refractivity contribution in [3.63, 3.8) is 0 Å². The molecule has 142 valence electrons. The van der Waals surface area contributed by atoms with Crippen LogP contribution < -0.4 is 5.32 Å². The molecule has 0 saturated heterocycles. The lowest BCUT2D eigenvalue weighted by atomic mass is 10.1. The third-order valence-corrected chi connectivity index (χ3v) is 7.28. The first kappa shape index (κ1) is 21.2. The van der Waals surface area contributed by atoms with E-state index in [0.717, 1.165) is 11.1 Å². The van der Waals surface area contributed by atoms with E-state index in [1.165, 1.54) is 4.31 Å². The van der Waals surface area contributed by atoms with Gasteiger partial charge in [-0.15, -0.1) is 0 Å². The van der Waals surface area contributed by atoms with Crippen molar-refractivity contribution >= 4 is 33.2 Å². The number of halogens is 2. The number of nitrogens with zero attached hydrogens (tertiary/aromatic N) is 1. The minimum atomic E-state index is -3.43. The zero-order valence-electron chi connectivity index (χ0n) is 15.2. The molecule has 0 fully saturated rings. The maximum atomic E-state index is 12.5. The summed E-state index contributed by atoms with van der Waals surface area (Å²) in [6.07, 6.45) is 0. The molecule has 0 heterocycles. The van der Waals surface area contributed by atoms with Crippen LogP contribution >= 0.6 is 23.2 Å². The molecule has 0 spiro atoms. The van der Waals surface area contributed by atoms with Gasteiger partial charge in [0, 0.05) is 25.7 Å². The molecule has 7 heteroatoms. The number of hydrogen-bond acceptors (Lipinski definition) is 3. The molecule has 0 aliphatic heterocycles. The molecule has 0 amide bonds. The molecule has 0 bridgehead atoms. The van der Waals surface area contributed by atoms with Crippen LogP contribution in [0.3, 0.4) is 0 Å². The van der Waals surface area contributed by atoms with Crippen molar-refractivity contribution in [3.05, 3.63) is 63.6 Å². The average molecular weight is 415 g/mol. The predicted octanol–water partition coefficient (Wildman–Crippen LogP) is 4.87. The summed E-state index contributed by atoms with van der Waals surface area (Å²) in [6.45, 7) is 7.18. The van der Waals surface area contributed by atoms with E-state index in [4.69, 9.17) is 23.2 Å². The van der Waals surface area contributed by atoms with E-state index >= 15 is 0 Å². The molecule has 0 aliphatic rings. The zero-order chi connectivity index (χ0) is 19.3. The lowest BCUT2D eigenvalue weighted by Crippen LogP contribution is -2.30. The Morgan fingerprint density at radius 2 is 1.65 bits per heavy atom. The van der Waals surface area contributed by atoms with Gasteiger partial charge < -0.3 is 5.32 Å². The third-order valence-electron chi connectivity index (χ3n) is 4.35. The summed E-state index contributed by atoms with van der Waals surface area (Å²) < 4.78 is 26.5. The molecule has 4 nitrogen and oxygen atoms in total. The van der Waals surface area contributed by atoms with Crippen molar-refractivity contribution < 1.29 is 8.42 Å². The molecule has 26 heavy (non-hydrogen) atoms. The van der Waals surface area contributed by atoms with E-state index in [0.29, 0.717) is 34.6 Å². The Morgan fingerprint density at radius 1 is 1.04 bits per heavy atom. The predicted molar refractivity (Wildman–Crippen MR) is 108 cm³/mol. The van der Waals surface area contributed by atoms with Gasteiger partial charge in [0.1, 0.15) is 0 Å². The SMILES string of the molecule is CCN(CC)S(=O)(=O)c1ccc(C(C)NCc2cccc(Cl)c2Cl)cc1. The van der Waals surface area contributed by atoms with Crippen molar-refractivity contribution in [1.82, 2.24) is 9.62 Å². The van der Waals surface area contributed by atoms with Gasteiger partial charge >= 0.3 is 0 Å². The molecular weight excluding hydrogens is 391 g/mol. The summed E-state index contributed by atoms with van der Waals surface area (Å²) >= 11 is 12.2. The van der Waals surface area contributed by atoms with Crippen LogP contribution in [0.25, 0.3) is 0 Å². The largest absolute Gasteiger partial charge is 0.306 e. The summed E-state index contributed by atoms with van der Waals surface area (Å²) in [7, 11) is -3.43. The van der Waals surface area contributed by atoms with Gasteiger partial charge in [0.05, 0.1) is 14.9 Å².